The molecule has 2 nitrogen and oxygen atoms in total. The van der Waals surface area contributed by atoms with Gasteiger partial charge in [0.25, 0.3) is 0 Å². The van der Waals surface area contributed by atoms with Crippen LogP contribution >= 0.6 is 0 Å². The zero-order valence-electron chi connectivity index (χ0n) is 13.3. The third kappa shape index (κ3) is 5.27. The second-order valence-electron chi connectivity index (χ2n) is 7.02. The molecule has 0 amide bonds. The molecule has 1 N–H and O–H groups in total. The first kappa shape index (κ1) is 16.0. The molecule has 18 heavy (non-hydrogen) atoms. The minimum atomic E-state index is 0.487. The van der Waals surface area contributed by atoms with E-state index in [0.717, 1.165) is 12.0 Å². The SMILES string of the molecule is CCCCCC(C)(C)CN1CCC(NC)C(C)C1. The highest BCUT2D eigenvalue weighted by atomic mass is 15.2. The highest BCUT2D eigenvalue weighted by molar-refractivity contribution is 4.84. The molecule has 1 heterocycles. The topological polar surface area (TPSA) is 15.3 Å². The molecule has 0 aliphatic carbocycles. The molecule has 0 saturated carbocycles. The summed E-state index contributed by atoms with van der Waals surface area (Å²) in [5.41, 5.74) is 0.487. The first-order chi connectivity index (χ1) is 8.48. The fraction of sp³-hybridized carbons (Fsp3) is 1.00. The zero-order chi connectivity index (χ0) is 13.6. The largest absolute Gasteiger partial charge is 0.317 e. The number of hydrogen-bond donors (Lipinski definition) is 1. The van der Waals surface area contributed by atoms with E-state index in [1.165, 1.54) is 51.7 Å². The highest BCUT2D eigenvalue weighted by Gasteiger charge is 2.28. The summed E-state index contributed by atoms with van der Waals surface area (Å²) in [7, 11) is 2.10. The molecule has 0 aromatic heterocycles. The molecule has 0 aromatic rings. The number of unbranched alkanes of at least 4 members (excludes halogenated alkanes) is 2. The van der Waals surface area contributed by atoms with Crippen LogP contribution in [0.5, 0.6) is 0 Å². The van der Waals surface area contributed by atoms with E-state index in [1.807, 2.05) is 0 Å². The van der Waals surface area contributed by atoms with Crippen LogP contribution in [0.3, 0.4) is 0 Å². The second-order valence-corrected chi connectivity index (χ2v) is 7.02. The first-order valence-corrected chi connectivity index (χ1v) is 7.88. The average molecular weight is 254 g/mol. The van der Waals surface area contributed by atoms with Crippen molar-refractivity contribution < 1.29 is 0 Å². The maximum absolute atomic E-state index is 3.45. The molecule has 108 valence electrons. The lowest BCUT2D eigenvalue weighted by molar-refractivity contribution is 0.101. The Kier molecular flexibility index (Phi) is 6.65. The normalized spacial score (nSPS) is 26.5. The molecule has 1 aliphatic rings. The maximum atomic E-state index is 3.45. The lowest BCUT2D eigenvalue weighted by atomic mass is 9.84. The molecular weight excluding hydrogens is 220 g/mol. The Morgan fingerprint density at radius 2 is 2.00 bits per heavy atom. The van der Waals surface area contributed by atoms with Crippen molar-refractivity contribution in [3.05, 3.63) is 0 Å². The van der Waals surface area contributed by atoms with Crippen LogP contribution < -0.4 is 5.32 Å². The van der Waals surface area contributed by atoms with Gasteiger partial charge in [0.1, 0.15) is 0 Å². The molecule has 0 aromatic carbocycles. The van der Waals surface area contributed by atoms with Crippen molar-refractivity contribution in [3.8, 4) is 0 Å². The summed E-state index contributed by atoms with van der Waals surface area (Å²) in [4.78, 5) is 2.68. The van der Waals surface area contributed by atoms with Crippen LogP contribution in [0.2, 0.25) is 0 Å². The molecule has 2 heteroatoms. The van der Waals surface area contributed by atoms with Gasteiger partial charge in [-0.1, -0.05) is 47.0 Å². The summed E-state index contributed by atoms with van der Waals surface area (Å²) < 4.78 is 0. The summed E-state index contributed by atoms with van der Waals surface area (Å²) in [6.45, 7) is 13.4. The molecule has 1 rings (SSSR count). The third-order valence-electron chi connectivity index (χ3n) is 4.47. The highest BCUT2D eigenvalue weighted by Crippen LogP contribution is 2.27. The van der Waals surface area contributed by atoms with Crippen LogP contribution in [-0.4, -0.2) is 37.6 Å². The Hall–Kier alpha value is -0.0800. The van der Waals surface area contributed by atoms with Gasteiger partial charge < -0.3 is 10.2 Å². The van der Waals surface area contributed by atoms with Crippen molar-refractivity contribution in [2.75, 3.05) is 26.7 Å². The quantitative estimate of drug-likeness (QED) is 0.699. The third-order valence-corrected chi connectivity index (χ3v) is 4.47. The minimum absolute atomic E-state index is 0.487. The van der Waals surface area contributed by atoms with Crippen LogP contribution in [0.1, 0.15) is 59.8 Å². The average Bonchev–Trinajstić information content (AvgIpc) is 2.29. The maximum Gasteiger partial charge on any atom is 0.0114 e. The van der Waals surface area contributed by atoms with E-state index in [2.05, 4.69) is 45.0 Å². The lowest BCUT2D eigenvalue weighted by Crippen LogP contribution is -2.49. The van der Waals surface area contributed by atoms with Gasteiger partial charge in [0, 0.05) is 19.1 Å². The van der Waals surface area contributed by atoms with Crippen LogP contribution in [-0.2, 0) is 0 Å². The second kappa shape index (κ2) is 7.49. The van der Waals surface area contributed by atoms with Gasteiger partial charge in [0.2, 0.25) is 0 Å². The predicted octanol–water partition coefficient (Wildman–Crippen LogP) is 3.52. The Morgan fingerprint density at radius 3 is 2.56 bits per heavy atom. The van der Waals surface area contributed by atoms with E-state index in [0.29, 0.717) is 5.41 Å². The molecule has 2 atom stereocenters. The monoisotopic (exact) mass is 254 g/mol. The molecule has 1 saturated heterocycles. The van der Waals surface area contributed by atoms with Gasteiger partial charge in [-0.2, -0.15) is 0 Å². The summed E-state index contributed by atoms with van der Waals surface area (Å²) in [6.07, 6.45) is 6.80. The van der Waals surface area contributed by atoms with Crippen molar-refractivity contribution in [1.29, 1.82) is 0 Å². The van der Waals surface area contributed by atoms with Gasteiger partial charge in [-0.25, -0.2) is 0 Å². The van der Waals surface area contributed by atoms with Crippen LogP contribution in [0.25, 0.3) is 0 Å². The fourth-order valence-electron chi connectivity index (χ4n) is 3.34. The van der Waals surface area contributed by atoms with Crippen molar-refractivity contribution >= 4 is 0 Å². The van der Waals surface area contributed by atoms with Crippen molar-refractivity contribution in [2.45, 2.75) is 65.8 Å². The Bertz CT molecular complexity index is 225. The number of nitrogens with zero attached hydrogens (tertiary/aromatic N) is 1. The van der Waals surface area contributed by atoms with Gasteiger partial charge in [0.05, 0.1) is 0 Å². The summed E-state index contributed by atoms with van der Waals surface area (Å²) in [5.74, 6) is 0.787. The van der Waals surface area contributed by atoms with E-state index in [-0.39, 0.29) is 0 Å². The summed E-state index contributed by atoms with van der Waals surface area (Å²) in [5, 5.41) is 3.45. The molecule has 0 spiro atoms. The van der Waals surface area contributed by atoms with Gasteiger partial charge >= 0.3 is 0 Å². The molecule has 0 bridgehead atoms. The zero-order valence-corrected chi connectivity index (χ0v) is 13.3. The minimum Gasteiger partial charge on any atom is -0.317 e. The fourth-order valence-corrected chi connectivity index (χ4v) is 3.34. The Labute approximate surface area is 115 Å². The molecule has 1 aliphatic heterocycles. The molecule has 2 unspecified atom stereocenters. The Morgan fingerprint density at radius 1 is 1.28 bits per heavy atom. The number of piperidine rings is 1. The predicted molar refractivity (Wildman–Crippen MR) is 81.0 cm³/mol. The smallest absolute Gasteiger partial charge is 0.0114 e. The number of likely N-dealkylation sites (tertiary alicyclic amines) is 1. The molecule has 1 fully saturated rings. The lowest BCUT2D eigenvalue weighted by Gasteiger charge is -2.40. The van der Waals surface area contributed by atoms with Gasteiger partial charge in [0.15, 0.2) is 0 Å². The van der Waals surface area contributed by atoms with Gasteiger partial charge in [-0.15, -0.1) is 0 Å². The standard InChI is InChI=1S/C16H34N2/c1-6-7-8-10-16(3,4)13-18-11-9-15(17-5)14(2)12-18/h14-15,17H,6-13H2,1-5H3. The summed E-state index contributed by atoms with van der Waals surface area (Å²) >= 11 is 0. The molecular formula is C16H34N2. The van der Waals surface area contributed by atoms with Gasteiger partial charge in [-0.3, -0.25) is 0 Å². The van der Waals surface area contributed by atoms with E-state index in [1.54, 1.807) is 0 Å². The van der Waals surface area contributed by atoms with Gasteiger partial charge in [-0.05, 0) is 37.8 Å². The number of hydrogen-bond acceptors (Lipinski definition) is 2. The van der Waals surface area contributed by atoms with E-state index >= 15 is 0 Å². The van der Waals surface area contributed by atoms with Crippen LogP contribution in [0.15, 0.2) is 0 Å². The number of nitrogens with one attached hydrogen (secondary N) is 1. The molecule has 0 radical (unpaired) electrons. The van der Waals surface area contributed by atoms with Crippen molar-refractivity contribution in [3.63, 3.8) is 0 Å². The van der Waals surface area contributed by atoms with Crippen molar-refractivity contribution in [1.82, 2.24) is 10.2 Å². The van der Waals surface area contributed by atoms with E-state index < -0.39 is 0 Å². The first-order valence-electron chi connectivity index (χ1n) is 7.88. The van der Waals surface area contributed by atoms with E-state index in [4.69, 9.17) is 0 Å². The van der Waals surface area contributed by atoms with Crippen molar-refractivity contribution in [2.24, 2.45) is 11.3 Å². The van der Waals surface area contributed by atoms with Crippen LogP contribution in [0, 0.1) is 11.3 Å². The number of rotatable bonds is 7. The Balaban J connectivity index is 2.33. The van der Waals surface area contributed by atoms with E-state index in [9.17, 15) is 0 Å². The van der Waals surface area contributed by atoms with Crippen LogP contribution in [0.4, 0.5) is 0 Å². The summed E-state index contributed by atoms with van der Waals surface area (Å²) in [6, 6.07) is 0.726.